The molecule has 2 nitrogen and oxygen atoms in total. The molecule has 144 valence electrons. The summed E-state index contributed by atoms with van der Waals surface area (Å²) in [7, 11) is 0. The summed E-state index contributed by atoms with van der Waals surface area (Å²) >= 11 is 8.18. The molecule has 0 radical (unpaired) electrons. The molecule has 0 atom stereocenters. The van der Waals surface area contributed by atoms with Crippen molar-refractivity contribution in [3.63, 3.8) is 0 Å². The van der Waals surface area contributed by atoms with Crippen LogP contribution >= 0.6 is 35.7 Å². The predicted molar refractivity (Wildman–Crippen MR) is 124 cm³/mol. The van der Waals surface area contributed by atoms with E-state index in [4.69, 9.17) is 12.2 Å². The van der Waals surface area contributed by atoms with E-state index in [0.717, 1.165) is 10.5 Å². The van der Waals surface area contributed by atoms with Crippen molar-refractivity contribution in [2.45, 2.75) is 16.7 Å². The zero-order valence-electron chi connectivity index (χ0n) is 15.5. The topological polar surface area (TPSA) is 20.3 Å². The molecule has 3 aromatic rings. The number of para-hydroxylation sites is 1. The van der Waals surface area contributed by atoms with Gasteiger partial charge < -0.3 is 0 Å². The Labute approximate surface area is 182 Å². The third-order valence-electron chi connectivity index (χ3n) is 4.32. The molecule has 1 aliphatic rings. The SMILES string of the molecule is Cc1ccc(Sc2ccc(/C=C3/SC(=S)N(c4ccccc4F)C3=O)cc2)cc1. The van der Waals surface area contributed by atoms with E-state index < -0.39 is 5.82 Å². The number of halogens is 1. The molecule has 0 spiro atoms. The van der Waals surface area contributed by atoms with Gasteiger partial charge in [-0.15, -0.1) is 0 Å². The Bertz CT molecular complexity index is 1110. The molecule has 0 unspecified atom stereocenters. The second kappa shape index (κ2) is 8.53. The number of thioether (sulfide) groups is 1. The predicted octanol–water partition coefficient (Wildman–Crippen LogP) is 6.69. The lowest BCUT2D eigenvalue weighted by atomic mass is 10.2. The number of benzene rings is 3. The van der Waals surface area contributed by atoms with E-state index in [9.17, 15) is 9.18 Å². The Morgan fingerprint density at radius 1 is 0.966 bits per heavy atom. The first kappa shape index (κ1) is 19.9. The van der Waals surface area contributed by atoms with Crippen LogP contribution in [0, 0.1) is 12.7 Å². The Morgan fingerprint density at radius 3 is 2.24 bits per heavy atom. The molecule has 0 N–H and O–H groups in total. The van der Waals surface area contributed by atoms with Gasteiger partial charge in [0, 0.05) is 9.79 Å². The van der Waals surface area contributed by atoms with Crippen molar-refractivity contribution in [2.24, 2.45) is 0 Å². The summed E-state index contributed by atoms with van der Waals surface area (Å²) in [5.74, 6) is -0.772. The van der Waals surface area contributed by atoms with Gasteiger partial charge in [-0.3, -0.25) is 9.69 Å². The lowest BCUT2D eigenvalue weighted by Crippen LogP contribution is -2.28. The van der Waals surface area contributed by atoms with Crippen LogP contribution in [0.1, 0.15) is 11.1 Å². The van der Waals surface area contributed by atoms with E-state index >= 15 is 0 Å². The zero-order chi connectivity index (χ0) is 20.4. The van der Waals surface area contributed by atoms with Gasteiger partial charge >= 0.3 is 0 Å². The van der Waals surface area contributed by atoms with Crippen molar-refractivity contribution in [3.05, 3.63) is 94.6 Å². The molecule has 0 bridgehead atoms. The normalized spacial score (nSPS) is 15.4. The summed E-state index contributed by atoms with van der Waals surface area (Å²) in [6.45, 7) is 2.07. The van der Waals surface area contributed by atoms with Crippen LogP contribution in [-0.4, -0.2) is 10.2 Å². The third kappa shape index (κ3) is 4.45. The van der Waals surface area contributed by atoms with Gasteiger partial charge in [-0.05, 0) is 55.0 Å². The van der Waals surface area contributed by atoms with Crippen molar-refractivity contribution in [1.29, 1.82) is 0 Å². The van der Waals surface area contributed by atoms with Crippen molar-refractivity contribution < 1.29 is 9.18 Å². The molecule has 29 heavy (non-hydrogen) atoms. The monoisotopic (exact) mass is 437 g/mol. The van der Waals surface area contributed by atoms with Crippen LogP contribution in [0.25, 0.3) is 6.08 Å². The highest BCUT2D eigenvalue weighted by Gasteiger charge is 2.34. The number of anilines is 1. The largest absolute Gasteiger partial charge is 0.270 e. The van der Waals surface area contributed by atoms with Gasteiger partial charge in [-0.25, -0.2) is 4.39 Å². The fourth-order valence-electron chi connectivity index (χ4n) is 2.83. The van der Waals surface area contributed by atoms with Gasteiger partial charge in [0.05, 0.1) is 10.6 Å². The minimum Gasteiger partial charge on any atom is -0.268 e. The summed E-state index contributed by atoms with van der Waals surface area (Å²) in [4.78, 5) is 16.8. The highest BCUT2D eigenvalue weighted by Crippen LogP contribution is 2.37. The molecule has 1 fully saturated rings. The lowest BCUT2D eigenvalue weighted by molar-refractivity contribution is -0.113. The number of amides is 1. The average molecular weight is 438 g/mol. The van der Waals surface area contributed by atoms with Crippen molar-refractivity contribution in [1.82, 2.24) is 0 Å². The molecule has 1 saturated heterocycles. The smallest absolute Gasteiger partial charge is 0.268 e. The molecule has 0 saturated carbocycles. The number of thiocarbonyl (C=S) groups is 1. The molecule has 3 aromatic carbocycles. The van der Waals surface area contributed by atoms with Gasteiger partial charge in [0.15, 0.2) is 4.32 Å². The maximum absolute atomic E-state index is 14.1. The van der Waals surface area contributed by atoms with Crippen LogP contribution in [0.5, 0.6) is 0 Å². The molecule has 1 aliphatic heterocycles. The Morgan fingerprint density at radius 2 is 1.59 bits per heavy atom. The van der Waals surface area contributed by atoms with Gasteiger partial charge in [0.25, 0.3) is 5.91 Å². The first-order valence-corrected chi connectivity index (χ1v) is 10.9. The van der Waals surface area contributed by atoms with E-state index in [2.05, 4.69) is 31.2 Å². The minimum absolute atomic E-state index is 0.184. The van der Waals surface area contributed by atoms with Crippen LogP contribution in [0.3, 0.4) is 0 Å². The summed E-state index contributed by atoms with van der Waals surface area (Å²) in [6.07, 6.45) is 1.79. The van der Waals surface area contributed by atoms with Gasteiger partial charge in [-0.1, -0.05) is 77.7 Å². The molecule has 1 heterocycles. The van der Waals surface area contributed by atoms with E-state index in [1.54, 1.807) is 36.0 Å². The highest BCUT2D eigenvalue weighted by molar-refractivity contribution is 8.27. The number of hydrogen-bond acceptors (Lipinski definition) is 4. The highest BCUT2D eigenvalue weighted by atomic mass is 32.2. The van der Waals surface area contributed by atoms with Crippen molar-refractivity contribution in [2.75, 3.05) is 4.90 Å². The van der Waals surface area contributed by atoms with E-state index in [-0.39, 0.29) is 11.6 Å². The fourth-order valence-corrected chi connectivity index (χ4v) is 4.94. The zero-order valence-corrected chi connectivity index (χ0v) is 17.9. The number of hydrogen-bond donors (Lipinski definition) is 0. The standard InChI is InChI=1S/C23H16FNOS3/c1-15-6-10-17(11-7-15)28-18-12-8-16(9-13-18)14-21-22(26)25(23(27)29-21)20-5-3-2-4-19(20)24/h2-14H,1H3/b21-14+. The van der Waals surface area contributed by atoms with Crippen LogP contribution in [0.15, 0.2) is 87.5 Å². The van der Waals surface area contributed by atoms with Crippen molar-refractivity contribution >= 4 is 57.7 Å². The molecule has 6 heteroatoms. The summed E-state index contributed by atoms with van der Waals surface area (Å²) in [6, 6.07) is 22.5. The minimum atomic E-state index is -0.470. The third-order valence-corrected chi connectivity index (χ3v) is 6.64. The molecular formula is C23H16FNOS3. The Kier molecular flexibility index (Phi) is 5.85. The summed E-state index contributed by atoms with van der Waals surface area (Å²) < 4.78 is 14.4. The van der Waals surface area contributed by atoms with E-state index in [1.807, 2.05) is 24.3 Å². The lowest BCUT2D eigenvalue weighted by Gasteiger charge is -2.14. The quantitative estimate of drug-likeness (QED) is 0.334. The molecular weight excluding hydrogens is 421 g/mol. The fraction of sp³-hybridized carbons (Fsp3) is 0.0435. The Hall–Kier alpha value is -2.41. The van der Waals surface area contributed by atoms with E-state index in [0.29, 0.717) is 9.23 Å². The number of carbonyl (C=O) groups excluding carboxylic acids is 1. The summed E-state index contributed by atoms with van der Waals surface area (Å²) in [5, 5.41) is 0. The molecule has 1 amide bonds. The maximum Gasteiger partial charge on any atom is 0.270 e. The number of rotatable bonds is 4. The average Bonchev–Trinajstić information content (AvgIpc) is 2.99. The summed E-state index contributed by atoms with van der Waals surface area (Å²) in [5.41, 5.74) is 2.31. The van der Waals surface area contributed by atoms with E-state index in [1.165, 1.54) is 33.2 Å². The maximum atomic E-state index is 14.1. The second-order valence-electron chi connectivity index (χ2n) is 6.45. The number of aryl methyl sites for hydroxylation is 1. The van der Waals surface area contributed by atoms with Crippen LogP contribution in [0.4, 0.5) is 10.1 Å². The van der Waals surface area contributed by atoms with Gasteiger partial charge in [-0.2, -0.15) is 0 Å². The molecule has 0 aliphatic carbocycles. The first-order valence-electron chi connectivity index (χ1n) is 8.88. The molecule has 4 rings (SSSR count). The number of nitrogens with zero attached hydrogens (tertiary/aromatic N) is 1. The van der Waals surface area contributed by atoms with Crippen LogP contribution in [-0.2, 0) is 4.79 Å². The number of carbonyl (C=O) groups is 1. The van der Waals surface area contributed by atoms with Crippen molar-refractivity contribution in [3.8, 4) is 0 Å². The second-order valence-corrected chi connectivity index (χ2v) is 9.28. The van der Waals surface area contributed by atoms with Gasteiger partial charge in [0.1, 0.15) is 5.82 Å². The van der Waals surface area contributed by atoms with Crippen LogP contribution in [0.2, 0.25) is 0 Å². The molecule has 0 aromatic heterocycles. The first-order chi connectivity index (χ1) is 14.0. The van der Waals surface area contributed by atoms with Gasteiger partial charge in [0.2, 0.25) is 0 Å². The Balaban J connectivity index is 1.52. The van der Waals surface area contributed by atoms with Crippen LogP contribution < -0.4 is 4.90 Å².